The Hall–Kier alpha value is -2.90. The molecule has 8 heteroatoms. The van der Waals surface area contributed by atoms with Crippen molar-refractivity contribution in [2.75, 3.05) is 11.9 Å². The molecule has 2 heterocycles. The van der Waals surface area contributed by atoms with Crippen LogP contribution in [0.15, 0.2) is 33.7 Å². The highest BCUT2D eigenvalue weighted by molar-refractivity contribution is 6.02. The Morgan fingerprint density at radius 1 is 1.38 bits per heavy atom. The Morgan fingerprint density at radius 3 is 2.69 bits per heavy atom. The second-order valence-corrected chi connectivity index (χ2v) is 6.36. The van der Waals surface area contributed by atoms with Crippen LogP contribution in [0.3, 0.4) is 0 Å². The molecule has 0 saturated heterocycles. The normalized spacial score (nSPS) is 12.0. The van der Waals surface area contributed by atoms with Crippen LogP contribution in [0.4, 0.5) is 5.69 Å². The van der Waals surface area contributed by atoms with E-state index in [0.717, 1.165) is 0 Å². The van der Waals surface area contributed by atoms with E-state index in [2.05, 4.69) is 10.5 Å². The Morgan fingerprint density at radius 2 is 2.12 bits per heavy atom. The van der Waals surface area contributed by atoms with Gasteiger partial charge in [0.15, 0.2) is 5.69 Å². The Balaban J connectivity index is 2.23. The SMILES string of the molecule is CC[C@@H](C(=O)OCC(C)C)n1cccc(NC(=O)c2cc(C)on2)c1=O. The number of aryl methyl sites for hydroxylation is 1. The molecule has 1 N–H and O–H groups in total. The second kappa shape index (κ2) is 8.46. The van der Waals surface area contributed by atoms with Crippen LogP contribution in [-0.4, -0.2) is 28.2 Å². The summed E-state index contributed by atoms with van der Waals surface area (Å²) < 4.78 is 11.4. The van der Waals surface area contributed by atoms with Gasteiger partial charge in [-0.1, -0.05) is 25.9 Å². The van der Waals surface area contributed by atoms with Crippen LogP contribution < -0.4 is 10.9 Å². The first-order valence-corrected chi connectivity index (χ1v) is 8.46. The van der Waals surface area contributed by atoms with Gasteiger partial charge in [-0.15, -0.1) is 0 Å². The maximum Gasteiger partial charge on any atom is 0.329 e. The molecule has 0 aliphatic carbocycles. The fourth-order valence-electron chi connectivity index (χ4n) is 2.33. The van der Waals surface area contributed by atoms with E-state index >= 15 is 0 Å². The van der Waals surface area contributed by atoms with Crippen molar-refractivity contribution in [3.8, 4) is 0 Å². The molecule has 0 unspecified atom stereocenters. The zero-order chi connectivity index (χ0) is 19.3. The van der Waals surface area contributed by atoms with E-state index in [9.17, 15) is 14.4 Å². The summed E-state index contributed by atoms with van der Waals surface area (Å²) in [4.78, 5) is 37.1. The standard InChI is InChI=1S/C18H23N3O5/c1-5-15(18(24)25-10-11(2)3)21-8-6-7-13(17(21)23)19-16(22)14-9-12(4)26-20-14/h6-9,11,15H,5,10H2,1-4H3,(H,19,22)/t15-/m0/s1. The van der Waals surface area contributed by atoms with Crippen molar-refractivity contribution in [2.24, 2.45) is 5.92 Å². The molecule has 0 spiro atoms. The molecule has 2 rings (SSSR count). The summed E-state index contributed by atoms with van der Waals surface area (Å²) >= 11 is 0. The van der Waals surface area contributed by atoms with Gasteiger partial charge >= 0.3 is 5.97 Å². The summed E-state index contributed by atoms with van der Waals surface area (Å²) in [6.07, 6.45) is 1.89. The predicted molar refractivity (Wildman–Crippen MR) is 95.0 cm³/mol. The minimum absolute atomic E-state index is 0.0493. The van der Waals surface area contributed by atoms with Crippen LogP contribution >= 0.6 is 0 Å². The minimum Gasteiger partial charge on any atom is -0.464 e. The fourth-order valence-corrected chi connectivity index (χ4v) is 2.33. The average molecular weight is 361 g/mol. The second-order valence-electron chi connectivity index (χ2n) is 6.36. The van der Waals surface area contributed by atoms with E-state index in [0.29, 0.717) is 12.2 Å². The summed E-state index contributed by atoms with van der Waals surface area (Å²) in [5.74, 6) is -0.352. The smallest absolute Gasteiger partial charge is 0.329 e. The zero-order valence-corrected chi connectivity index (χ0v) is 15.3. The molecular formula is C18H23N3O5. The molecule has 1 amide bonds. The van der Waals surface area contributed by atoms with Crippen molar-refractivity contribution in [3.05, 3.63) is 46.2 Å². The number of esters is 1. The number of hydrogen-bond acceptors (Lipinski definition) is 6. The van der Waals surface area contributed by atoms with Gasteiger partial charge in [0.1, 0.15) is 17.5 Å². The summed E-state index contributed by atoms with van der Waals surface area (Å²) in [7, 11) is 0. The number of carbonyl (C=O) groups is 2. The van der Waals surface area contributed by atoms with Gasteiger partial charge in [0.25, 0.3) is 11.5 Å². The third-order valence-electron chi connectivity index (χ3n) is 3.64. The van der Waals surface area contributed by atoms with Crippen molar-refractivity contribution < 1.29 is 18.8 Å². The predicted octanol–water partition coefficient (Wildman–Crippen LogP) is 2.55. The van der Waals surface area contributed by atoms with Gasteiger partial charge in [-0.25, -0.2) is 4.79 Å². The molecule has 8 nitrogen and oxygen atoms in total. The number of aromatic nitrogens is 2. The molecule has 0 bridgehead atoms. The Labute approximate surface area is 151 Å². The Kier molecular flexibility index (Phi) is 6.32. The van der Waals surface area contributed by atoms with Gasteiger partial charge in [-0.2, -0.15) is 0 Å². The molecule has 2 aromatic rings. The number of amides is 1. The number of carbonyl (C=O) groups excluding carboxylic acids is 2. The van der Waals surface area contributed by atoms with Gasteiger partial charge < -0.3 is 14.6 Å². The van der Waals surface area contributed by atoms with Crippen LogP contribution in [0, 0.1) is 12.8 Å². The van der Waals surface area contributed by atoms with Crippen LogP contribution in [0.5, 0.6) is 0 Å². The van der Waals surface area contributed by atoms with Gasteiger partial charge in [0.05, 0.1) is 6.61 Å². The van der Waals surface area contributed by atoms with Crippen LogP contribution in [0.25, 0.3) is 0 Å². The molecule has 0 radical (unpaired) electrons. The maximum absolute atomic E-state index is 12.7. The first-order chi connectivity index (χ1) is 12.3. The first-order valence-electron chi connectivity index (χ1n) is 8.46. The molecular weight excluding hydrogens is 338 g/mol. The highest BCUT2D eigenvalue weighted by Gasteiger charge is 2.23. The number of nitrogens with zero attached hydrogens (tertiary/aromatic N) is 2. The lowest BCUT2D eigenvalue weighted by Gasteiger charge is -2.18. The van der Waals surface area contributed by atoms with Gasteiger partial charge in [-0.05, 0) is 31.4 Å². The maximum atomic E-state index is 12.7. The number of rotatable bonds is 7. The van der Waals surface area contributed by atoms with E-state index in [1.54, 1.807) is 19.9 Å². The van der Waals surface area contributed by atoms with E-state index in [4.69, 9.17) is 9.26 Å². The average Bonchev–Trinajstić information content (AvgIpc) is 3.03. The number of ether oxygens (including phenoxy) is 1. The summed E-state index contributed by atoms with van der Waals surface area (Å²) in [5, 5.41) is 6.12. The molecule has 0 fully saturated rings. The fraction of sp³-hybridized carbons (Fsp3) is 0.444. The highest BCUT2D eigenvalue weighted by atomic mass is 16.5. The lowest BCUT2D eigenvalue weighted by Crippen LogP contribution is -2.33. The number of nitrogens with one attached hydrogen (secondary N) is 1. The quantitative estimate of drug-likeness (QED) is 0.760. The van der Waals surface area contributed by atoms with Crippen molar-refractivity contribution in [3.63, 3.8) is 0 Å². The van der Waals surface area contributed by atoms with E-state index in [-0.39, 0.29) is 23.9 Å². The first kappa shape index (κ1) is 19.4. The lowest BCUT2D eigenvalue weighted by molar-refractivity contribution is -0.149. The van der Waals surface area contributed by atoms with Gasteiger partial charge in [0.2, 0.25) is 0 Å². The third kappa shape index (κ3) is 4.59. The molecule has 0 saturated carbocycles. The molecule has 26 heavy (non-hydrogen) atoms. The largest absolute Gasteiger partial charge is 0.464 e. The van der Waals surface area contributed by atoms with E-state index < -0.39 is 23.5 Å². The molecule has 2 aromatic heterocycles. The summed E-state index contributed by atoms with van der Waals surface area (Å²) in [6.45, 7) is 7.60. The molecule has 0 aliphatic rings. The van der Waals surface area contributed by atoms with Crippen LogP contribution in [0.1, 0.15) is 49.5 Å². The molecule has 140 valence electrons. The number of anilines is 1. The van der Waals surface area contributed by atoms with Gasteiger partial charge in [0, 0.05) is 12.3 Å². The summed E-state index contributed by atoms with van der Waals surface area (Å²) in [6, 6.07) is 3.77. The van der Waals surface area contributed by atoms with Crippen molar-refractivity contribution >= 4 is 17.6 Å². The topological polar surface area (TPSA) is 103 Å². The zero-order valence-electron chi connectivity index (χ0n) is 15.3. The monoisotopic (exact) mass is 361 g/mol. The number of hydrogen-bond donors (Lipinski definition) is 1. The van der Waals surface area contributed by atoms with Crippen molar-refractivity contribution in [2.45, 2.75) is 40.2 Å². The van der Waals surface area contributed by atoms with Crippen LogP contribution in [-0.2, 0) is 9.53 Å². The van der Waals surface area contributed by atoms with Gasteiger partial charge in [-0.3, -0.25) is 14.2 Å². The van der Waals surface area contributed by atoms with Crippen molar-refractivity contribution in [1.29, 1.82) is 0 Å². The third-order valence-corrected chi connectivity index (χ3v) is 3.64. The van der Waals surface area contributed by atoms with Crippen LogP contribution in [0.2, 0.25) is 0 Å². The van der Waals surface area contributed by atoms with Crippen molar-refractivity contribution in [1.82, 2.24) is 9.72 Å². The minimum atomic E-state index is -0.757. The highest BCUT2D eigenvalue weighted by Crippen LogP contribution is 2.14. The number of pyridine rings is 1. The van der Waals surface area contributed by atoms with E-state index in [1.165, 1.54) is 22.9 Å². The Bertz CT molecular complexity index is 837. The summed E-state index contributed by atoms with van der Waals surface area (Å²) in [5.41, 5.74) is -0.372. The lowest BCUT2D eigenvalue weighted by atomic mass is 10.2. The molecule has 0 aromatic carbocycles. The molecule has 1 atom stereocenters. The molecule has 0 aliphatic heterocycles. The van der Waals surface area contributed by atoms with E-state index in [1.807, 2.05) is 13.8 Å².